The lowest BCUT2D eigenvalue weighted by atomic mass is 10.1. The number of aliphatic hydroxyl groups is 2. The summed E-state index contributed by atoms with van der Waals surface area (Å²) in [6, 6.07) is 8.04. The van der Waals surface area contributed by atoms with Crippen molar-refractivity contribution in [1.82, 2.24) is 4.90 Å². The Morgan fingerprint density at radius 2 is 2.05 bits per heavy atom. The quantitative estimate of drug-likeness (QED) is 0.747. The molecule has 102 valence electrons. The predicted octanol–water partition coefficient (Wildman–Crippen LogP) is -0.0719. The normalized spacial score (nSPS) is 26.2. The van der Waals surface area contributed by atoms with Gasteiger partial charge in [0.1, 0.15) is 31.1 Å². The van der Waals surface area contributed by atoms with Gasteiger partial charge in [-0.2, -0.15) is 0 Å². The Kier molecular flexibility index (Phi) is 4.13. The molecule has 1 aromatic carbocycles. The Labute approximate surface area is 110 Å². The number of aliphatic hydroxyl groups excluding tert-OH is 2. The van der Waals surface area contributed by atoms with Crippen molar-refractivity contribution in [2.45, 2.75) is 24.9 Å². The van der Waals surface area contributed by atoms with Crippen molar-refractivity contribution < 1.29 is 24.5 Å². The lowest BCUT2D eigenvalue weighted by Crippen LogP contribution is -2.41. The molecule has 0 spiro atoms. The molecule has 0 radical (unpaired) electrons. The summed E-state index contributed by atoms with van der Waals surface area (Å²) < 4.78 is 5.05. The van der Waals surface area contributed by atoms with E-state index in [0.29, 0.717) is 6.29 Å². The first kappa shape index (κ1) is 13.5. The van der Waals surface area contributed by atoms with Gasteiger partial charge in [0.25, 0.3) is 0 Å². The Bertz CT molecular complexity index is 450. The summed E-state index contributed by atoms with van der Waals surface area (Å²) in [5, 5.41) is 19.0. The molecule has 1 aliphatic heterocycles. The second-order valence-electron chi connectivity index (χ2n) is 4.38. The molecule has 1 fully saturated rings. The van der Waals surface area contributed by atoms with E-state index < -0.39 is 24.3 Å². The van der Waals surface area contributed by atoms with Crippen LogP contribution in [0.1, 0.15) is 5.56 Å². The number of nitrogens with zero attached hydrogens (tertiary/aromatic N) is 1. The number of β-amino-alcohol motifs (C(OH)–C–C–N with tert-alkyl or cyclic N) is 1. The number of hydrogen-bond acceptors (Lipinski definition) is 5. The van der Waals surface area contributed by atoms with Crippen LogP contribution in [0.25, 0.3) is 0 Å². The van der Waals surface area contributed by atoms with Crippen LogP contribution in [0.5, 0.6) is 0 Å². The molecule has 0 aromatic heterocycles. The minimum atomic E-state index is -1.26. The first-order chi connectivity index (χ1) is 9.13. The molecular weight excluding hydrogens is 250 g/mol. The molecule has 1 aromatic rings. The number of aldehydes is 1. The monoisotopic (exact) mass is 265 g/mol. The van der Waals surface area contributed by atoms with Crippen LogP contribution in [0, 0.1) is 0 Å². The molecule has 3 atom stereocenters. The number of likely N-dealkylation sites (tertiary alicyclic amines) is 1. The molecule has 2 N–H and O–H groups in total. The van der Waals surface area contributed by atoms with E-state index in [9.17, 15) is 19.8 Å². The van der Waals surface area contributed by atoms with Gasteiger partial charge in [-0.1, -0.05) is 30.3 Å². The van der Waals surface area contributed by atoms with Crippen LogP contribution in [-0.2, 0) is 16.1 Å². The van der Waals surface area contributed by atoms with Gasteiger partial charge in [-0.05, 0) is 5.56 Å². The molecule has 1 amide bonds. The SMILES string of the molecule is O=C[C@H]1[C@H](O)[C@@H](O)CN1C(=O)OCc1ccccc1. The van der Waals surface area contributed by atoms with Gasteiger partial charge >= 0.3 is 6.09 Å². The molecule has 1 saturated heterocycles. The molecule has 19 heavy (non-hydrogen) atoms. The Morgan fingerprint density at radius 3 is 2.68 bits per heavy atom. The summed E-state index contributed by atoms with van der Waals surface area (Å²) in [6.45, 7) is -0.0356. The van der Waals surface area contributed by atoms with E-state index in [0.717, 1.165) is 10.5 Å². The van der Waals surface area contributed by atoms with Crippen LogP contribution in [0.2, 0.25) is 0 Å². The average molecular weight is 265 g/mol. The minimum absolute atomic E-state index is 0.0773. The third kappa shape index (κ3) is 2.91. The van der Waals surface area contributed by atoms with Gasteiger partial charge in [0.05, 0.1) is 6.54 Å². The molecule has 0 bridgehead atoms. The smallest absolute Gasteiger partial charge is 0.410 e. The van der Waals surface area contributed by atoms with E-state index in [4.69, 9.17) is 4.74 Å². The maximum absolute atomic E-state index is 11.8. The fourth-order valence-electron chi connectivity index (χ4n) is 2.00. The second-order valence-corrected chi connectivity index (χ2v) is 4.38. The zero-order valence-corrected chi connectivity index (χ0v) is 10.2. The van der Waals surface area contributed by atoms with Crippen molar-refractivity contribution in [2.24, 2.45) is 0 Å². The van der Waals surface area contributed by atoms with Crippen molar-refractivity contribution in [1.29, 1.82) is 0 Å². The molecule has 0 aliphatic carbocycles. The summed E-state index contributed by atoms with van der Waals surface area (Å²) >= 11 is 0. The number of hydrogen-bond donors (Lipinski definition) is 2. The summed E-state index contributed by atoms with van der Waals surface area (Å²) in [5.41, 5.74) is 0.818. The van der Waals surface area contributed by atoms with Gasteiger partial charge in [-0.15, -0.1) is 0 Å². The van der Waals surface area contributed by atoms with Crippen LogP contribution in [-0.4, -0.2) is 52.3 Å². The Balaban J connectivity index is 1.95. The molecule has 1 heterocycles. The van der Waals surface area contributed by atoms with Crippen molar-refractivity contribution >= 4 is 12.4 Å². The van der Waals surface area contributed by atoms with Gasteiger partial charge in [0.2, 0.25) is 0 Å². The highest BCUT2D eigenvalue weighted by Crippen LogP contribution is 2.18. The van der Waals surface area contributed by atoms with Crippen LogP contribution >= 0.6 is 0 Å². The predicted molar refractivity (Wildman–Crippen MR) is 65.2 cm³/mol. The van der Waals surface area contributed by atoms with Gasteiger partial charge in [-0.3, -0.25) is 4.90 Å². The number of carbonyl (C=O) groups excluding carboxylic acids is 2. The van der Waals surface area contributed by atoms with Gasteiger partial charge in [-0.25, -0.2) is 4.79 Å². The van der Waals surface area contributed by atoms with Gasteiger partial charge in [0.15, 0.2) is 0 Å². The highest BCUT2D eigenvalue weighted by molar-refractivity contribution is 5.75. The van der Waals surface area contributed by atoms with Crippen molar-refractivity contribution in [3.63, 3.8) is 0 Å². The van der Waals surface area contributed by atoms with Crippen LogP contribution in [0.4, 0.5) is 4.79 Å². The minimum Gasteiger partial charge on any atom is -0.445 e. The number of amides is 1. The lowest BCUT2D eigenvalue weighted by Gasteiger charge is -2.20. The van der Waals surface area contributed by atoms with E-state index in [1.54, 1.807) is 12.1 Å². The summed E-state index contributed by atoms with van der Waals surface area (Å²) in [6.07, 6.45) is -2.68. The molecule has 2 rings (SSSR count). The molecular formula is C13H15NO5. The van der Waals surface area contributed by atoms with Gasteiger partial charge < -0.3 is 19.7 Å². The largest absolute Gasteiger partial charge is 0.445 e. The Morgan fingerprint density at radius 1 is 1.37 bits per heavy atom. The average Bonchev–Trinajstić information content (AvgIpc) is 2.73. The standard InChI is InChI=1S/C13H15NO5/c15-7-10-12(17)11(16)6-14(10)13(18)19-8-9-4-2-1-3-5-9/h1-5,7,10-12,16-17H,6,8H2/t10-,11-,12-/m0/s1. The van der Waals surface area contributed by atoms with E-state index in [1.807, 2.05) is 18.2 Å². The molecule has 1 aliphatic rings. The summed E-state index contributed by atoms with van der Waals surface area (Å²) in [4.78, 5) is 23.7. The van der Waals surface area contributed by atoms with Crippen molar-refractivity contribution in [2.75, 3.05) is 6.54 Å². The molecule has 6 heteroatoms. The van der Waals surface area contributed by atoms with E-state index >= 15 is 0 Å². The van der Waals surface area contributed by atoms with E-state index in [2.05, 4.69) is 0 Å². The number of rotatable bonds is 3. The molecule has 0 saturated carbocycles. The Hall–Kier alpha value is -1.92. The molecule has 6 nitrogen and oxygen atoms in total. The van der Waals surface area contributed by atoms with Crippen molar-refractivity contribution in [3.05, 3.63) is 35.9 Å². The number of benzene rings is 1. The maximum Gasteiger partial charge on any atom is 0.410 e. The third-order valence-corrected chi connectivity index (χ3v) is 3.07. The highest BCUT2D eigenvalue weighted by Gasteiger charge is 2.43. The fourth-order valence-corrected chi connectivity index (χ4v) is 2.00. The second kappa shape index (κ2) is 5.81. The maximum atomic E-state index is 11.8. The molecule has 0 unspecified atom stereocenters. The van der Waals surface area contributed by atoms with Gasteiger partial charge in [0, 0.05) is 0 Å². The zero-order chi connectivity index (χ0) is 13.8. The summed E-state index contributed by atoms with van der Waals surface area (Å²) in [7, 11) is 0. The number of ether oxygens (including phenoxy) is 1. The van der Waals surface area contributed by atoms with Crippen LogP contribution in [0.15, 0.2) is 30.3 Å². The topological polar surface area (TPSA) is 87.1 Å². The number of carbonyl (C=O) groups is 2. The van der Waals surface area contributed by atoms with E-state index in [1.165, 1.54) is 0 Å². The van der Waals surface area contributed by atoms with Crippen LogP contribution in [0.3, 0.4) is 0 Å². The first-order valence-corrected chi connectivity index (χ1v) is 5.92. The third-order valence-electron chi connectivity index (χ3n) is 3.07. The highest BCUT2D eigenvalue weighted by atomic mass is 16.6. The van der Waals surface area contributed by atoms with E-state index in [-0.39, 0.29) is 13.2 Å². The zero-order valence-electron chi connectivity index (χ0n) is 10.2. The van der Waals surface area contributed by atoms with Crippen molar-refractivity contribution in [3.8, 4) is 0 Å². The lowest BCUT2D eigenvalue weighted by molar-refractivity contribution is -0.114. The fraction of sp³-hybridized carbons (Fsp3) is 0.385. The summed E-state index contributed by atoms with van der Waals surface area (Å²) in [5.74, 6) is 0. The van der Waals surface area contributed by atoms with Crippen LogP contribution < -0.4 is 0 Å². The first-order valence-electron chi connectivity index (χ1n) is 5.92.